The van der Waals surface area contributed by atoms with Gasteiger partial charge in [0.05, 0.1) is 5.57 Å². The number of carbonyl (C=O) groups excluding carboxylic acids is 2. The molecule has 9 unspecified atom stereocenters. The summed E-state index contributed by atoms with van der Waals surface area (Å²) in [5.41, 5.74) is 7.20. The van der Waals surface area contributed by atoms with Crippen LogP contribution in [0.25, 0.3) is 0 Å². The molecule has 4 saturated carbocycles. The standard InChI is InChI=1S/C28H40N2O2.CH4/c1-16-18-6-8-26(4)19-7-9-28(30)11-10-25(2,3)14-20(28)23(19)21(31)12-22(26)27(18,5)13-17(15-29)24(16)32;/h13,16,18-20,22-23H,6-12,14,30H2,1-5H3;1H4. The molecule has 182 valence electrons. The molecular weight excluding hydrogens is 408 g/mol. The highest BCUT2D eigenvalue weighted by Crippen LogP contribution is 2.69. The fourth-order valence-electron chi connectivity index (χ4n) is 9.57. The molecule has 9 atom stereocenters. The lowest BCUT2D eigenvalue weighted by Crippen LogP contribution is -2.67. The van der Waals surface area contributed by atoms with Gasteiger partial charge in [-0.15, -0.1) is 0 Å². The minimum Gasteiger partial charge on any atom is -0.325 e. The molecule has 0 aromatic rings. The Morgan fingerprint density at radius 1 is 1.00 bits per heavy atom. The molecule has 0 aliphatic heterocycles. The van der Waals surface area contributed by atoms with E-state index in [0.29, 0.717) is 23.7 Å². The van der Waals surface area contributed by atoms with Gasteiger partial charge in [-0.05, 0) is 84.9 Å². The van der Waals surface area contributed by atoms with Crippen LogP contribution in [0.15, 0.2) is 11.6 Å². The minimum absolute atomic E-state index is 0. The predicted octanol–water partition coefficient (Wildman–Crippen LogP) is 5.85. The molecule has 0 radical (unpaired) electrons. The van der Waals surface area contributed by atoms with Crippen molar-refractivity contribution in [1.29, 1.82) is 5.26 Å². The van der Waals surface area contributed by atoms with E-state index >= 15 is 0 Å². The average molecular weight is 453 g/mol. The second kappa shape index (κ2) is 7.51. The van der Waals surface area contributed by atoms with Gasteiger partial charge in [-0.3, -0.25) is 9.59 Å². The summed E-state index contributed by atoms with van der Waals surface area (Å²) in [6, 6.07) is 2.18. The van der Waals surface area contributed by atoms with Gasteiger partial charge in [0, 0.05) is 23.8 Å². The van der Waals surface area contributed by atoms with E-state index in [1.807, 2.05) is 13.0 Å². The maximum Gasteiger partial charge on any atom is 0.176 e. The molecule has 0 aromatic heterocycles. The lowest BCUT2D eigenvalue weighted by molar-refractivity contribution is -0.177. The van der Waals surface area contributed by atoms with Crippen LogP contribution in [0, 0.1) is 63.1 Å². The molecular formula is C29H44N2O2. The van der Waals surface area contributed by atoms with Gasteiger partial charge in [-0.2, -0.15) is 5.26 Å². The number of ketones is 2. The normalized spacial score (nSPS) is 50.4. The summed E-state index contributed by atoms with van der Waals surface area (Å²) >= 11 is 0. The van der Waals surface area contributed by atoms with Crippen molar-refractivity contribution >= 4 is 11.6 Å². The molecule has 0 bridgehead atoms. The van der Waals surface area contributed by atoms with Gasteiger partial charge in [0.15, 0.2) is 5.78 Å². The molecule has 0 spiro atoms. The van der Waals surface area contributed by atoms with Crippen LogP contribution < -0.4 is 5.73 Å². The van der Waals surface area contributed by atoms with Crippen molar-refractivity contribution in [1.82, 2.24) is 0 Å². The van der Waals surface area contributed by atoms with E-state index in [4.69, 9.17) is 5.73 Å². The van der Waals surface area contributed by atoms with Crippen molar-refractivity contribution in [3.8, 4) is 6.07 Å². The second-order valence-corrected chi connectivity index (χ2v) is 13.4. The SMILES string of the molecule is C.CC1C(=O)C(C#N)=CC2(C)C1CCC1(C)C3CCC4(N)CCC(C)(C)CC4C3C(=O)CC21. The van der Waals surface area contributed by atoms with Gasteiger partial charge < -0.3 is 5.73 Å². The maximum absolute atomic E-state index is 13.9. The molecule has 0 aromatic carbocycles. The van der Waals surface area contributed by atoms with E-state index in [9.17, 15) is 14.9 Å². The number of nitrogens with two attached hydrogens (primary N) is 1. The van der Waals surface area contributed by atoms with Crippen molar-refractivity contribution in [3.63, 3.8) is 0 Å². The van der Waals surface area contributed by atoms with E-state index in [2.05, 4.69) is 33.8 Å². The first-order valence-corrected chi connectivity index (χ1v) is 12.9. The van der Waals surface area contributed by atoms with Crippen molar-refractivity contribution in [2.45, 2.75) is 99.0 Å². The van der Waals surface area contributed by atoms with Crippen molar-refractivity contribution < 1.29 is 9.59 Å². The highest BCUT2D eigenvalue weighted by molar-refractivity contribution is 6.01. The molecule has 4 nitrogen and oxygen atoms in total. The summed E-state index contributed by atoms with van der Waals surface area (Å²) in [6.45, 7) is 11.4. The van der Waals surface area contributed by atoms with E-state index < -0.39 is 0 Å². The zero-order valence-corrected chi connectivity index (χ0v) is 20.5. The first kappa shape index (κ1) is 24.6. The van der Waals surface area contributed by atoms with E-state index in [0.717, 1.165) is 44.9 Å². The second-order valence-electron chi connectivity index (χ2n) is 13.4. The predicted molar refractivity (Wildman–Crippen MR) is 131 cm³/mol. The van der Waals surface area contributed by atoms with Crippen LogP contribution in [-0.4, -0.2) is 17.1 Å². The van der Waals surface area contributed by atoms with Crippen LogP contribution in [0.5, 0.6) is 0 Å². The Balaban J connectivity index is 0.00000259. The fraction of sp³-hybridized carbons (Fsp3) is 0.828. The van der Waals surface area contributed by atoms with Crippen LogP contribution in [-0.2, 0) is 9.59 Å². The average Bonchev–Trinajstić information content (AvgIpc) is 2.72. The fourth-order valence-corrected chi connectivity index (χ4v) is 9.57. The molecule has 4 heteroatoms. The number of hydrogen-bond donors (Lipinski definition) is 1. The Bertz CT molecular complexity index is 944. The van der Waals surface area contributed by atoms with Gasteiger partial charge in [0.2, 0.25) is 0 Å². The number of nitriles is 1. The van der Waals surface area contributed by atoms with Crippen LogP contribution >= 0.6 is 0 Å². The topological polar surface area (TPSA) is 83.9 Å². The summed E-state index contributed by atoms with van der Waals surface area (Å²) < 4.78 is 0. The molecule has 33 heavy (non-hydrogen) atoms. The molecule has 2 N–H and O–H groups in total. The van der Waals surface area contributed by atoms with Gasteiger partial charge in [-0.1, -0.05) is 48.1 Å². The van der Waals surface area contributed by atoms with Gasteiger partial charge in [-0.25, -0.2) is 0 Å². The smallest absolute Gasteiger partial charge is 0.176 e. The molecule has 5 aliphatic rings. The Labute approximate surface area is 200 Å². The maximum atomic E-state index is 13.9. The number of carbonyl (C=O) groups is 2. The number of hydrogen-bond acceptors (Lipinski definition) is 4. The van der Waals surface area contributed by atoms with Gasteiger partial charge in [0.1, 0.15) is 11.9 Å². The summed E-state index contributed by atoms with van der Waals surface area (Å²) in [5.74, 6) is 1.42. The highest BCUT2D eigenvalue weighted by Gasteiger charge is 2.66. The molecule has 0 saturated heterocycles. The van der Waals surface area contributed by atoms with Crippen molar-refractivity contribution in [2.24, 2.45) is 57.5 Å². The molecule has 0 amide bonds. The van der Waals surface area contributed by atoms with Crippen LogP contribution in [0.4, 0.5) is 0 Å². The lowest BCUT2D eigenvalue weighted by Gasteiger charge is -2.67. The Hall–Kier alpha value is -1.47. The van der Waals surface area contributed by atoms with Crippen LogP contribution in [0.3, 0.4) is 0 Å². The molecule has 5 rings (SSSR count). The third-order valence-corrected chi connectivity index (χ3v) is 11.4. The van der Waals surface area contributed by atoms with Crippen LogP contribution in [0.1, 0.15) is 93.4 Å². The lowest BCUT2D eigenvalue weighted by atomic mass is 9.37. The first-order chi connectivity index (χ1) is 14.9. The summed E-state index contributed by atoms with van der Waals surface area (Å²) in [5, 5.41) is 9.67. The third-order valence-electron chi connectivity index (χ3n) is 11.4. The monoisotopic (exact) mass is 452 g/mol. The third kappa shape index (κ3) is 3.24. The van der Waals surface area contributed by atoms with Crippen molar-refractivity contribution in [2.75, 3.05) is 0 Å². The van der Waals surface area contributed by atoms with Gasteiger partial charge >= 0.3 is 0 Å². The number of nitrogens with zero attached hydrogens (tertiary/aromatic N) is 1. The zero-order chi connectivity index (χ0) is 23.3. The first-order valence-electron chi connectivity index (χ1n) is 12.9. The molecule has 0 heterocycles. The quantitative estimate of drug-likeness (QED) is 0.499. The summed E-state index contributed by atoms with van der Waals surface area (Å²) in [4.78, 5) is 26.7. The Morgan fingerprint density at radius 3 is 2.33 bits per heavy atom. The van der Waals surface area contributed by atoms with Crippen molar-refractivity contribution in [3.05, 3.63) is 11.6 Å². The highest BCUT2D eigenvalue weighted by atomic mass is 16.1. The Morgan fingerprint density at radius 2 is 1.67 bits per heavy atom. The molecule has 4 fully saturated rings. The largest absolute Gasteiger partial charge is 0.325 e. The van der Waals surface area contributed by atoms with E-state index in [-0.39, 0.29) is 64.6 Å². The Kier molecular flexibility index (Phi) is 5.61. The van der Waals surface area contributed by atoms with Gasteiger partial charge in [0.25, 0.3) is 0 Å². The number of Topliss-reactive ketones (excluding diaryl/α,β-unsaturated/α-hetero) is 2. The van der Waals surface area contributed by atoms with E-state index in [1.165, 1.54) is 0 Å². The van der Waals surface area contributed by atoms with Crippen LogP contribution in [0.2, 0.25) is 0 Å². The summed E-state index contributed by atoms with van der Waals surface area (Å²) in [6.07, 6.45) is 9.96. The van der Waals surface area contributed by atoms with E-state index in [1.54, 1.807) is 0 Å². The zero-order valence-electron chi connectivity index (χ0n) is 20.5. The number of allylic oxidation sites excluding steroid dienone is 2. The number of rotatable bonds is 0. The molecule has 5 aliphatic carbocycles. The number of fused-ring (bicyclic) bond motifs is 7. The summed E-state index contributed by atoms with van der Waals surface area (Å²) in [7, 11) is 0. The minimum atomic E-state index is -0.269.